The van der Waals surface area contributed by atoms with Crippen LogP contribution >= 0.6 is 11.8 Å². The Morgan fingerprint density at radius 3 is 2.87 bits per heavy atom. The van der Waals surface area contributed by atoms with E-state index < -0.39 is 0 Å². The van der Waals surface area contributed by atoms with E-state index in [1.54, 1.807) is 11.8 Å². The van der Waals surface area contributed by atoms with Crippen LogP contribution in [0.4, 0.5) is 5.69 Å². The van der Waals surface area contributed by atoms with Gasteiger partial charge in [-0.25, -0.2) is 0 Å². The predicted octanol–water partition coefficient (Wildman–Crippen LogP) is 4.40. The first-order valence-electron chi connectivity index (χ1n) is 5.67. The van der Waals surface area contributed by atoms with E-state index in [1.165, 1.54) is 29.8 Å². The van der Waals surface area contributed by atoms with E-state index in [9.17, 15) is 0 Å². The van der Waals surface area contributed by atoms with Gasteiger partial charge in [0.05, 0.1) is 0 Å². The van der Waals surface area contributed by atoms with Gasteiger partial charge in [0.2, 0.25) is 0 Å². The Morgan fingerprint density at radius 1 is 1.40 bits per heavy atom. The fraction of sp³-hybridized carbons (Fsp3) is 0.538. The number of benzene rings is 1. The van der Waals surface area contributed by atoms with Gasteiger partial charge >= 0.3 is 0 Å². The molecular weight excluding hydrogens is 202 g/mol. The van der Waals surface area contributed by atoms with Crippen molar-refractivity contribution in [2.75, 3.05) is 11.6 Å². The molecule has 2 heteroatoms. The smallest absolute Gasteiger partial charge is 0.0353 e. The van der Waals surface area contributed by atoms with Crippen LogP contribution in [-0.4, -0.2) is 12.3 Å². The monoisotopic (exact) mass is 223 g/mol. The summed E-state index contributed by atoms with van der Waals surface area (Å²) in [6, 6.07) is 9.18. The SMILES string of the molecule is CCCCC(C)Nc1cccc(SC)c1. The summed E-state index contributed by atoms with van der Waals surface area (Å²) >= 11 is 1.79. The summed E-state index contributed by atoms with van der Waals surface area (Å²) in [7, 11) is 0. The van der Waals surface area contributed by atoms with E-state index in [1.807, 2.05) is 0 Å². The number of rotatable bonds is 6. The predicted molar refractivity (Wildman–Crippen MR) is 70.8 cm³/mol. The van der Waals surface area contributed by atoms with Crippen LogP contribution in [0.5, 0.6) is 0 Å². The van der Waals surface area contributed by atoms with Crippen molar-refractivity contribution in [1.82, 2.24) is 0 Å². The third kappa shape index (κ3) is 4.61. The minimum Gasteiger partial charge on any atom is -0.383 e. The van der Waals surface area contributed by atoms with Gasteiger partial charge in [-0.3, -0.25) is 0 Å². The highest BCUT2D eigenvalue weighted by molar-refractivity contribution is 7.98. The lowest BCUT2D eigenvalue weighted by Crippen LogP contribution is -2.14. The van der Waals surface area contributed by atoms with Gasteiger partial charge in [0.15, 0.2) is 0 Å². The molecule has 0 aliphatic heterocycles. The lowest BCUT2D eigenvalue weighted by atomic mass is 10.1. The van der Waals surface area contributed by atoms with Gasteiger partial charge in [0.1, 0.15) is 0 Å². The molecule has 0 spiro atoms. The van der Waals surface area contributed by atoms with Gasteiger partial charge in [-0.05, 0) is 37.8 Å². The van der Waals surface area contributed by atoms with E-state index in [0.29, 0.717) is 6.04 Å². The van der Waals surface area contributed by atoms with Gasteiger partial charge in [0, 0.05) is 16.6 Å². The Kier molecular flexibility index (Phi) is 5.62. The average molecular weight is 223 g/mol. The highest BCUT2D eigenvalue weighted by atomic mass is 32.2. The van der Waals surface area contributed by atoms with E-state index in [2.05, 4.69) is 49.7 Å². The van der Waals surface area contributed by atoms with Crippen molar-refractivity contribution in [2.24, 2.45) is 0 Å². The Labute approximate surface area is 97.7 Å². The number of hydrogen-bond acceptors (Lipinski definition) is 2. The molecule has 1 N–H and O–H groups in total. The van der Waals surface area contributed by atoms with Gasteiger partial charge in [0.25, 0.3) is 0 Å². The lowest BCUT2D eigenvalue weighted by Gasteiger charge is -2.15. The van der Waals surface area contributed by atoms with Crippen LogP contribution in [0.3, 0.4) is 0 Å². The third-order valence-corrected chi connectivity index (χ3v) is 3.20. The topological polar surface area (TPSA) is 12.0 Å². The van der Waals surface area contributed by atoms with Crippen LogP contribution in [0, 0.1) is 0 Å². The van der Waals surface area contributed by atoms with Gasteiger partial charge in [-0.15, -0.1) is 11.8 Å². The maximum Gasteiger partial charge on any atom is 0.0353 e. The highest BCUT2D eigenvalue weighted by Crippen LogP contribution is 2.20. The zero-order chi connectivity index (χ0) is 11.1. The number of unbranched alkanes of at least 4 members (excludes halogenated alkanes) is 1. The molecule has 1 atom stereocenters. The molecule has 1 nitrogen and oxygen atoms in total. The van der Waals surface area contributed by atoms with E-state index in [0.717, 1.165) is 0 Å². The molecule has 0 amide bonds. The van der Waals surface area contributed by atoms with Crippen LogP contribution in [0.1, 0.15) is 33.1 Å². The van der Waals surface area contributed by atoms with Crippen molar-refractivity contribution in [3.05, 3.63) is 24.3 Å². The molecule has 0 heterocycles. The molecule has 15 heavy (non-hydrogen) atoms. The van der Waals surface area contributed by atoms with Gasteiger partial charge in [-0.1, -0.05) is 25.8 Å². The Morgan fingerprint density at radius 2 is 2.20 bits per heavy atom. The Balaban J connectivity index is 2.48. The molecule has 0 radical (unpaired) electrons. The maximum absolute atomic E-state index is 3.54. The molecule has 1 aromatic rings. The second-order valence-corrected chi connectivity index (χ2v) is 4.80. The van der Waals surface area contributed by atoms with E-state index in [-0.39, 0.29) is 0 Å². The molecule has 0 saturated heterocycles. The summed E-state index contributed by atoms with van der Waals surface area (Å²) in [4.78, 5) is 1.32. The molecule has 1 unspecified atom stereocenters. The fourth-order valence-electron chi connectivity index (χ4n) is 1.58. The zero-order valence-electron chi connectivity index (χ0n) is 9.92. The van der Waals surface area contributed by atoms with Crippen molar-refractivity contribution >= 4 is 17.4 Å². The maximum atomic E-state index is 3.54. The first kappa shape index (κ1) is 12.4. The first-order valence-corrected chi connectivity index (χ1v) is 6.89. The molecular formula is C13H21NS. The van der Waals surface area contributed by atoms with Crippen LogP contribution < -0.4 is 5.32 Å². The van der Waals surface area contributed by atoms with Crippen LogP contribution in [0.15, 0.2) is 29.2 Å². The van der Waals surface area contributed by atoms with Gasteiger partial charge < -0.3 is 5.32 Å². The second-order valence-electron chi connectivity index (χ2n) is 3.92. The molecule has 0 aromatic heterocycles. The van der Waals surface area contributed by atoms with Crippen molar-refractivity contribution in [1.29, 1.82) is 0 Å². The summed E-state index contributed by atoms with van der Waals surface area (Å²) < 4.78 is 0. The summed E-state index contributed by atoms with van der Waals surface area (Å²) in [6.07, 6.45) is 5.94. The Bertz CT molecular complexity index is 286. The van der Waals surface area contributed by atoms with Gasteiger partial charge in [-0.2, -0.15) is 0 Å². The van der Waals surface area contributed by atoms with Crippen molar-refractivity contribution in [3.63, 3.8) is 0 Å². The summed E-state index contributed by atoms with van der Waals surface area (Å²) in [6.45, 7) is 4.49. The van der Waals surface area contributed by atoms with Crippen molar-refractivity contribution in [2.45, 2.75) is 44.0 Å². The molecule has 1 aromatic carbocycles. The normalized spacial score (nSPS) is 12.5. The molecule has 84 valence electrons. The average Bonchev–Trinajstić information content (AvgIpc) is 2.26. The molecule has 0 aliphatic carbocycles. The quantitative estimate of drug-likeness (QED) is 0.717. The largest absolute Gasteiger partial charge is 0.383 e. The fourth-order valence-corrected chi connectivity index (χ4v) is 2.04. The number of thioether (sulfide) groups is 1. The molecule has 0 fully saturated rings. The third-order valence-electron chi connectivity index (χ3n) is 2.47. The summed E-state index contributed by atoms with van der Waals surface area (Å²) in [5.74, 6) is 0. The Hall–Kier alpha value is -0.630. The number of nitrogens with one attached hydrogen (secondary N) is 1. The molecule has 0 bridgehead atoms. The summed E-state index contributed by atoms with van der Waals surface area (Å²) in [5.41, 5.74) is 1.24. The van der Waals surface area contributed by atoms with E-state index in [4.69, 9.17) is 0 Å². The minimum absolute atomic E-state index is 0.571. The molecule has 0 aliphatic rings. The number of hydrogen-bond donors (Lipinski definition) is 1. The van der Waals surface area contributed by atoms with E-state index >= 15 is 0 Å². The van der Waals surface area contributed by atoms with Crippen LogP contribution in [0.2, 0.25) is 0 Å². The molecule has 1 rings (SSSR count). The van der Waals surface area contributed by atoms with Crippen molar-refractivity contribution < 1.29 is 0 Å². The standard InChI is InChI=1S/C13H21NS/c1-4-5-7-11(2)14-12-8-6-9-13(10-12)15-3/h6,8-11,14H,4-5,7H2,1-3H3. The minimum atomic E-state index is 0.571. The molecule has 0 saturated carbocycles. The van der Waals surface area contributed by atoms with Crippen molar-refractivity contribution in [3.8, 4) is 0 Å². The lowest BCUT2D eigenvalue weighted by molar-refractivity contribution is 0.645. The second kappa shape index (κ2) is 6.78. The zero-order valence-corrected chi connectivity index (χ0v) is 10.7. The summed E-state index contributed by atoms with van der Waals surface area (Å²) in [5, 5.41) is 3.54. The highest BCUT2D eigenvalue weighted by Gasteiger charge is 2.01. The number of anilines is 1. The first-order chi connectivity index (χ1) is 7.26. The van der Waals surface area contributed by atoms with Crippen LogP contribution in [0.25, 0.3) is 0 Å². The van der Waals surface area contributed by atoms with Crippen LogP contribution in [-0.2, 0) is 0 Å².